The predicted octanol–water partition coefficient (Wildman–Crippen LogP) is 1.66. The third-order valence-electron chi connectivity index (χ3n) is 1.68. The molecule has 0 spiro atoms. The van der Waals surface area contributed by atoms with Gasteiger partial charge in [-0.2, -0.15) is 0 Å². The van der Waals surface area contributed by atoms with E-state index in [1.165, 1.54) is 6.20 Å². The number of hydrogen-bond donors (Lipinski definition) is 2. The Bertz CT molecular complexity index is 317. The summed E-state index contributed by atoms with van der Waals surface area (Å²) in [6.45, 7) is 1.54. The van der Waals surface area contributed by atoms with Gasteiger partial charge in [-0.1, -0.05) is 11.6 Å². The summed E-state index contributed by atoms with van der Waals surface area (Å²) in [6.07, 6.45) is 1.50. The minimum atomic E-state index is -0.844. The van der Waals surface area contributed by atoms with E-state index in [0.29, 0.717) is 15.2 Å². The highest BCUT2D eigenvalue weighted by Gasteiger charge is 2.24. The molecule has 0 aliphatic heterocycles. The van der Waals surface area contributed by atoms with Crippen LogP contribution in [-0.4, -0.2) is 16.7 Å². The quantitative estimate of drug-likeness (QED) is 0.855. The Balaban J connectivity index is 3.16. The van der Waals surface area contributed by atoms with Gasteiger partial charge >= 0.3 is 0 Å². The maximum Gasteiger partial charge on any atom is 0.0800 e. The topological polar surface area (TPSA) is 59.1 Å². The van der Waals surface area contributed by atoms with Gasteiger partial charge in [-0.25, -0.2) is 0 Å². The van der Waals surface area contributed by atoms with Crippen LogP contribution in [0.25, 0.3) is 0 Å². The van der Waals surface area contributed by atoms with Crippen LogP contribution in [0.15, 0.2) is 16.7 Å². The number of halogens is 2. The van der Waals surface area contributed by atoms with Crippen molar-refractivity contribution in [1.29, 1.82) is 0 Å². The molecule has 0 aromatic carbocycles. The summed E-state index contributed by atoms with van der Waals surface area (Å²) >= 11 is 9.00. The highest BCUT2D eigenvalue weighted by Crippen LogP contribution is 2.26. The number of rotatable bonds is 2. The van der Waals surface area contributed by atoms with Crippen LogP contribution in [0, 0.1) is 0 Å². The molecule has 1 aromatic heterocycles. The molecule has 5 heteroatoms. The molecule has 3 N–H and O–H groups in total. The van der Waals surface area contributed by atoms with Gasteiger partial charge in [0.05, 0.1) is 22.9 Å². The first-order valence-corrected chi connectivity index (χ1v) is 4.86. The summed E-state index contributed by atoms with van der Waals surface area (Å²) in [5, 5.41) is 9.55. The first-order chi connectivity index (χ1) is 5.97. The van der Waals surface area contributed by atoms with Gasteiger partial charge < -0.3 is 10.8 Å². The number of aromatic nitrogens is 1. The van der Waals surface area contributed by atoms with E-state index in [0.717, 1.165) is 0 Å². The van der Waals surface area contributed by atoms with Crippen molar-refractivity contribution >= 4 is 27.5 Å². The fraction of sp³-hybridized carbons (Fsp3) is 0.375. The average molecular weight is 266 g/mol. The Labute approximate surface area is 90.1 Å². The molecule has 0 radical (unpaired) electrons. The molecule has 72 valence electrons. The molecule has 0 aliphatic carbocycles. The van der Waals surface area contributed by atoms with E-state index in [4.69, 9.17) is 22.4 Å². The second-order valence-corrected chi connectivity index (χ2v) is 4.35. The maximum atomic E-state index is 9.02. The summed E-state index contributed by atoms with van der Waals surface area (Å²) in [5.74, 6) is 0. The molecule has 1 aromatic rings. The zero-order valence-electron chi connectivity index (χ0n) is 7.09. The van der Waals surface area contributed by atoms with E-state index in [2.05, 4.69) is 20.9 Å². The third kappa shape index (κ3) is 2.40. The van der Waals surface area contributed by atoms with Crippen LogP contribution in [0.4, 0.5) is 0 Å². The van der Waals surface area contributed by atoms with Gasteiger partial charge in [0.1, 0.15) is 0 Å². The Morgan fingerprint density at radius 1 is 1.77 bits per heavy atom. The minimum absolute atomic E-state index is 0.166. The SMILES string of the molecule is C[C@@](N)(CO)c1ncc(Cl)cc1Br. The first kappa shape index (κ1) is 10.9. The number of pyridine rings is 1. The van der Waals surface area contributed by atoms with Crippen molar-refractivity contribution in [3.8, 4) is 0 Å². The van der Waals surface area contributed by atoms with Crippen LogP contribution >= 0.6 is 27.5 Å². The molecule has 1 atom stereocenters. The molecule has 0 amide bonds. The lowest BCUT2D eigenvalue weighted by Crippen LogP contribution is -2.38. The van der Waals surface area contributed by atoms with Crippen LogP contribution in [-0.2, 0) is 5.54 Å². The summed E-state index contributed by atoms with van der Waals surface area (Å²) in [7, 11) is 0. The molecular weight excluding hydrogens is 255 g/mol. The van der Waals surface area contributed by atoms with Gasteiger partial charge in [-0.3, -0.25) is 4.98 Å². The summed E-state index contributed by atoms with van der Waals surface area (Å²) in [5.41, 5.74) is 5.56. The van der Waals surface area contributed by atoms with Crippen molar-refractivity contribution in [3.05, 3.63) is 27.5 Å². The monoisotopic (exact) mass is 264 g/mol. The number of aliphatic hydroxyl groups excluding tert-OH is 1. The molecule has 13 heavy (non-hydrogen) atoms. The third-order valence-corrected chi connectivity index (χ3v) is 2.49. The van der Waals surface area contributed by atoms with Crippen LogP contribution in [0.3, 0.4) is 0 Å². The number of nitrogens with two attached hydrogens (primary N) is 1. The summed E-state index contributed by atoms with van der Waals surface area (Å²) in [6, 6.07) is 1.70. The molecule has 0 aliphatic rings. The predicted molar refractivity (Wildman–Crippen MR) is 55.6 cm³/mol. The Morgan fingerprint density at radius 2 is 2.38 bits per heavy atom. The average Bonchev–Trinajstić information content (AvgIpc) is 2.03. The van der Waals surface area contributed by atoms with Gasteiger partial charge in [0.15, 0.2) is 0 Å². The van der Waals surface area contributed by atoms with Gasteiger partial charge in [-0.15, -0.1) is 0 Å². The lowest BCUT2D eigenvalue weighted by atomic mass is 10.0. The molecule has 0 bridgehead atoms. The van der Waals surface area contributed by atoms with E-state index in [9.17, 15) is 0 Å². The van der Waals surface area contributed by atoms with Gasteiger partial charge in [0, 0.05) is 10.7 Å². The van der Waals surface area contributed by atoms with Crippen molar-refractivity contribution in [2.75, 3.05) is 6.61 Å². The Hall–Kier alpha value is -0.160. The highest BCUT2D eigenvalue weighted by atomic mass is 79.9. The van der Waals surface area contributed by atoms with Crippen LogP contribution in [0.1, 0.15) is 12.6 Å². The lowest BCUT2D eigenvalue weighted by Gasteiger charge is -2.22. The standard InChI is InChI=1S/C8H10BrClN2O/c1-8(11,4-13)7-6(9)2-5(10)3-12-7/h2-3,13H,4,11H2,1H3/t8-/m1/s1. The zero-order chi connectivity index (χ0) is 10.1. The van der Waals surface area contributed by atoms with Crippen molar-refractivity contribution in [1.82, 2.24) is 4.98 Å². The summed E-state index contributed by atoms with van der Waals surface area (Å²) in [4.78, 5) is 4.06. The van der Waals surface area contributed by atoms with Gasteiger partial charge in [0.2, 0.25) is 0 Å². The van der Waals surface area contributed by atoms with Crippen LogP contribution < -0.4 is 5.73 Å². The molecule has 1 heterocycles. The molecule has 0 fully saturated rings. The van der Waals surface area contributed by atoms with E-state index >= 15 is 0 Å². The Morgan fingerprint density at radius 3 is 2.85 bits per heavy atom. The molecule has 0 saturated heterocycles. The zero-order valence-corrected chi connectivity index (χ0v) is 9.43. The van der Waals surface area contributed by atoms with Crippen molar-refractivity contribution in [3.63, 3.8) is 0 Å². The first-order valence-electron chi connectivity index (χ1n) is 3.68. The second-order valence-electron chi connectivity index (χ2n) is 3.06. The van der Waals surface area contributed by atoms with Crippen molar-refractivity contribution in [2.45, 2.75) is 12.5 Å². The van der Waals surface area contributed by atoms with Crippen molar-refractivity contribution < 1.29 is 5.11 Å². The van der Waals surface area contributed by atoms with E-state index in [1.807, 2.05) is 0 Å². The van der Waals surface area contributed by atoms with E-state index < -0.39 is 5.54 Å². The minimum Gasteiger partial charge on any atom is -0.394 e. The fourth-order valence-electron chi connectivity index (χ4n) is 0.910. The van der Waals surface area contributed by atoms with Gasteiger partial charge in [-0.05, 0) is 28.9 Å². The molecule has 1 rings (SSSR count). The normalized spacial score (nSPS) is 15.5. The largest absolute Gasteiger partial charge is 0.394 e. The number of hydrogen-bond acceptors (Lipinski definition) is 3. The molecule has 3 nitrogen and oxygen atoms in total. The fourth-order valence-corrected chi connectivity index (χ4v) is 2.00. The van der Waals surface area contributed by atoms with Gasteiger partial charge in [0.25, 0.3) is 0 Å². The number of aliphatic hydroxyl groups is 1. The van der Waals surface area contributed by atoms with E-state index in [-0.39, 0.29) is 6.61 Å². The highest BCUT2D eigenvalue weighted by molar-refractivity contribution is 9.10. The van der Waals surface area contributed by atoms with Crippen molar-refractivity contribution in [2.24, 2.45) is 5.73 Å². The van der Waals surface area contributed by atoms with Crippen LogP contribution in [0.2, 0.25) is 5.02 Å². The Kier molecular flexibility index (Phi) is 3.29. The smallest absolute Gasteiger partial charge is 0.0800 e. The summed E-state index contributed by atoms with van der Waals surface area (Å²) < 4.78 is 0.707. The lowest BCUT2D eigenvalue weighted by molar-refractivity contribution is 0.206. The van der Waals surface area contributed by atoms with Crippen LogP contribution in [0.5, 0.6) is 0 Å². The molecule has 0 unspecified atom stereocenters. The molecule has 0 saturated carbocycles. The second kappa shape index (κ2) is 3.92. The number of nitrogens with zero attached hydrogens (tertiary/aromatic N) is 1. The van der Waals surface area contributed by atoms with E-state index in [1.54, 1.807) is 13.0 Å². The molecular formula is C8H10BrClN2O. The maximum absolute atomic E-state index is 9.02.